The van der Waals surface area contributed by atoms with Crippen molar-refractivity contribution in [1.29, 1.82) is 0 Å². The molecule has 0 spiro atoms. The van der Waals surface area contributed by atoms with Crippen molar-refractivity contribution in [2.45, 2.75) is 0 Å². The first kappa shape index (κ1) is 23.7. The molecule has 200 valence electrons. The van der Waals surface area contributed by atoms with Crippen molar-refractivity contribution in [3.63, 3.8) is 0 Å². The van der Waals surface area contributed by atoms with E-state index in [0.717, 1.165) is 43.8 Å². The minimum absolute atomic E-state index is 0.503. The second-order valence-corrected chi connectivity index (χ2v) is 10.7. The quantitative estimate of drug-likeness (QED) is 0.205. The molecule has 0 fully saturated rings. The maximum atomic E-state index is 6.17. The molecule has 0 saturated carbocycles. The number of rotatable bonds is 3. The van der Waals surface area contributed by atoms with Crippen molar-refractivity contribution >= 4 is 54.3 Å². The number of aromatic nitrogens is 4. The van der Waals surface area contributed by atoms with E-state index in [9.17, 15) is 0 Å². The summed E-state index contributed by atoms with van der Waals surface area (Å²) in [5.41, 5.74) is 4.05. The van der Waals surface area contributed by atoms with E-state index in [-0.39, 0.29) is 0 Å². The lowest BCUT2D eigenvalue weighted by Gasteiger charge is -2.10. The van der Waals surface area contributed by atoms with Gasteiger partial charge in [-0.25, -0.2) is 15.0 Å². The van der Waals surface area contributed by atoms with E-state index in [1.807, 2.05) is 42.5 Å². The monoisotopic (exact) mass is 550 g/mol. The Morgan fingerprint density at radius 3 is 1.86 bits per heavy atom. The van der Waals surface area contributed by atoms with E-state index >= 15 is 0 Å². The molecule has 3 heterocycles. The summed E-state index contributed by atoms with van der Waals surface area (Å²) < 4.78 is 6.17. The van der Waals surface area contributed by atoms with Crippen LogP contribution in [0.4, 0.5) is 0 Å². The Balaban J connectivity index is 1.32. The highest BCUT2D eigenvalue weighted by Gasteiger charge is 2.19. The lowest BCUT2D eigenvalue weighted by molar-refractivity contribution is 0.668. The summed E-state index contributed by atoms with van der Waals surface area (Å²) in [7, 11) is 0. The van der Waals surface area contributed by atoms with Gasteiger partial charge in [0.05, 0.1) is 5.39 Å². The molecule has 43 heavy (non-hydrogen) atoms. The third-order valence-corrected chi connectivity index (χ3v) is 8.15. The van der Waals surface area contributed by atoms with Gasteiger partial charge in [-0.1, -0.05) is 103 Å². The van der Waals surface area contributed by atoms with Gasteiger partial charge in [0, 0.05) is 22.7 Å². The number of nitrogens with zero attached hydrogens (tertiary/aromatic N) is 4. The average molecular weight is 551 g/mol. The molecule has 0 aliphatic carbocycles. The van der Waals surface area contributed by atoms with Gasteiger partial charge in [-0.2, -0.15) is 0 Å². The molecule has 0 unspecified atom stereocenters. The van der Waals surface area contributed by atoms with E-state index in [1.54, 1.807) is 6.20 Å². The van der Waals surface area contributed by atoms with Crippen molar-refractivity contribution in [3.05, 3.63) is 134 Å². The minimum atomic E-state index is 0.503. The van der Waals surface area contributed by atoms with Crippen LogP contribution in [0, 0.1) is 0 Å². The summed E-state index contributed by atoms with van der Waals surface area (Å²) in [6, 6.07) is 43.7. The fourth-order valence-corrected chi connectivity index (χ4v) is 6.05. The Bertz CT molecular complexity index is 2530. The molecule has 0 bridgehead atoms. The zero-order valence-electron chi connectivity index (χ0n) is 22.9. The molecule has 6 aromatic carbocycles. The van der Waals surface area contributed by atoms with E-state index < -0.39 is 0 Å². The highest BCUT2D eigenvalue weighted by atomic mass is 16.3. The molecule has 0 aliphatic heterocycles. The molecule has 3 aromatic heterocycles. The Labute approximate surface area is 246 Å². The number of benzene rings is 6. The second kappa shape index (κ2) is 9.29. The van der Waals surface area contributed by atoms with Gasteiger partial charge in [0.15, 0.2) is 17.5 Å². The van der Waals surface area contributed by atoms with Gasteiger partial charge in [-0.3, -0.25) is 4.98 Å². The standard InChI is InChI=1S/C38H22N4O/c1-2-9-26-21-27(17-13-23(26)7-1)36-40-37(28-18-16-25-15-14-24-8-3-4-10-29(24)31(25)22-28)42-38(41-36)35-34-30-11-5-6-12-32(30)43-33(34)19-20-39-35/h1-22H. The van der Waals surface area contributed by atoms with E-state index in [4.69, 9.17) is 24.4 Å². The number of fused-ring (bicyclic) bond motifs is 7. The van der Waals surface area contributed by atoms with Crippen LogP contribution in [0.25, 0.3) is 88.5 Å². The van der Waals surface area contributed by atoms with Crippen LogP contribution < -0.4 is 0 Å². The fourth-order valence-electron chi connectivity index (χ4n) is 6.05. The zero-order valence-corrected chi connectivity index (χ0v) is 22.9. The van der Waals surface area contributed by atoms with Crippen molar-refractivity contribution in [1.82, 2.24) is 19.9 Å². The van der Waals surface area contributed by atoms with Crippen LogP contribution in [0.1, 0.15) is 0 Å². The van der Waals surface area contributed by atoms with Gasteiger partial charge in [0.1, 0.15) is 16.9 Å². The number of furan rings is 1. The van der Waals surface area contributed by atoms with Gasteiger partial charge in [0.2, 0.25) is 0 Å². The summed E-state index contributed by atoms with van der Waals surface area (Å²) in [4.78, 5) is 19.9. The maximum absolute atomic E-state index is 6.17. The highest BCUT2D eigenvalue weighted by molar-refractivity contribution is 6.11. The van der Waals surface area contributed by atoms with Crippen LogP contribution in [0.5, 0.6) is 0 Å². The lowest BCUT2D eigenvalue weighted by atomic mass is 10.00. The molecule has 0 N–H and O–H groups in total. The number of pyridine rings is 1. The van der Waals surface area contributed by atoms with E-state index in [2.05, 4.69) is 84.9 Å². The molecule has 5 nitrogen and oxygen atoms in total. The Kier molecular flexibility index (Phi) is 5.13. The topological polar surface area (TPSA) is 64.7 Å². The molecule has 0 amide bonds. The summed E-state index contributed by atoms with van der Waals surface area (Å²) in [5.74, 6) is 1.69. The zero-order chi connectivity index (χ0) is 28.3. The van der Waals surface area contributed by atoms with E-state index in [0.29, 0.717) is 23.2 Å². The third kappa shape index (κ3) is 3.86. The van der Waals surface area contributed by atoms with Crippen LogP contribution >= 0.6 is 0 Å². The molecule has 0 atom stereocenters. The predicted molar refractivity (Wildman–Crippen MR) is 174 cm³/mol. The average Bonchev–Trinajstić information content (AvgIpc) is 3.46. The van der Waals surface area contributed by atoms with Crippen molar-refractivity contribution < 1.29 is 4.42 Å². The molecular weight excluding hydrogens is 528 g/mol. The van der Waals surface area contributed by atoms with Crippen molar-refractivity contribution in [2.75, 3.05) is 0 Å². The SMILES string of the molecule is c1ccc2cc(-c3nc(-c4ccc5ccc6ccccc6c5c4)nc(-c4nccc5oc6ccccc6c45)n3)ccc2c1. The van der Waals surface area contributed by atoms with Gasteiger partial charge in [0.25, 0.3) is 0 Å². The lowest BCUT2D eigenvalue weighted by Crippen LogP contribution is -2.01. The second-order valence-electron chi connectivity index (χ2n) is 10.7. The highest BCUT2D eigenvalue weighted by Crippen LogP contribution is 2.36. The summed E-state index contributed by atoms with van der Waals surface area (Å²) in [6.07, 6.45) is 1.75. The number of para-hydroxylation sites is 1. The van der Waals surface area contributed by atoms with Gasteiger partial charge in [-0.05, 0) is 56.6 Å². The first-order valence-corrected chi connectivity index (χ1v) is 14.2. The first-order valence-electron chi connectivity index (χ1n) is 14.2. The molecule has 0 radical (unpaired) electrons. The summed E-state index contributed by atoms with van der Waals surface area (Å²) in [6.45, 7) is 0. The molecule has 0 saturated heterocycles. The Hall–Kier alpha value is -5.94. The molecule has 5 heteroatoms. The van der Waals surface area contributed by atoms with Gasteiger partial charge < -0.3 is 4.42 Å². The van der Waals surface area contributed by atoms with Crippen LogP contribution in [-0.2, 0) is 0 Å². The normalized spacial score (nSPS) is 11.7. The summed E-state index contributed by atoms with van der Waals surface area (Å²) >= 11 is 0. The van der Waals surface area contributed by atoms with Crippen LogP contribution in [0.2, 0.25) is 0 Å². The summed E-state index contributed by atoms with van der Waals surface area (Å²) in [5, 5.41) is 8.88. The maximum Gasteiger partial charge on any atom is 0.183 e. The molecule has 0 aliphatic rings. The van der Waals surface area contributed by atoms with Crippen LogP contribution in [0.15, 0.2) is 138 Å². The number of hydrogen-bond acceptors (Lipinski definition) is 5. The van der Waals surface area contributed by atoms with Gasteiger partial charge in [-0.15, -0.1) is 0 Å². The predicted octanol–water partition coefficient (Wildman–Crippen LogP) is 9.63. The smallest absolute Gasteiger partial charge is 0.183 e. The fraction of sp³-hybridized carbons (Fsp3) is 0. The minimum Gasteiger partial charge on any atom is -0.456 e. The third-order valence-electron chi connectivity index (χ3n) is 8.15. The number of hydrogen-bond donors (Lipinski definition) is 0. The Morgan fingerprint density at radius 1 is 0.419 bits per heavy atom. The first-order chi connectivity index (χ1) is 21.3. The molecule has 9 rings (SSSR count). The van der Waals surface area contributed by atoms with Crippen LogP contribution in [-0.4, -0.2) is 19.9 Å². The molecular formula is C38H22N4O. The van der Waals surface area contributed by atoms with E-state index in [1.165, 1.54) is 21.5 Å². The Morgan fingerprint density at radius 2 is 1.02 bits per heavy atom. The van der Waals surface area contributed by atoms with Gasteiger partial charge >= 0.3 is 0 Å². The largest absolute Gasteiger partial charge is 0.456 e. The van der Waals surface area contributed by atoms with Crippen LogP contribution in [0.3, 0.4) is 0 Å². The van der Waals surface area contributed by atoms with Crippen molar-refractivity contribution in [3.8, 4) is 34.3 Å². The molecule has 9 aromatic rings. The van der Waals surface area contributed by atoms with Crippen molar-refractivity contribution in [2.24, 2.45) is 0 Å².